The van der Waals surface area contributed by atoms with Crippen LogP contribution in [0.15, 0.2) is 54.6 Å². The smallest absolute Gasteiger partial charge is 0.204 e. The molecule has 132 valence electrons. The van der Waals surface area contributed by atoms with Crippen molar-refractivity contribution in [3.63, 3.8) is 0 Å². The monoisotopic (exact) mass is 345 g/mol. The predicted octanol–water partition coefficient (Wildman–Crippen LogP) is 4.27. The van der Waals surface area contributed by atoms with Gasteiger partial charge in [-0.05, 0) is 30.5 Å². The minimum absolute atomic E-state index is 0.289. The number of hydrogen-bond acceptors (Lipinski definition) is 4. The molecule has 5 heteroatoms. The van der Waals surface area contributed by atoms with Crippen LogP contribution in [0.4, 0.5) is 5.82 Å². The molecule has 4 rings (SSSR count). The number of aryl methyl sites for hydroxylation is 1. The standard InChI is InChI=1S/C21H23N5/c1-3-16(14-15-10-6-5-7-11-15)22-20-21-25-24-19(4-2)26(21)18-13-9-8-12-17(18)23-20/h5-13,16H,3-4,14H2,1-2H3,(H,22,23)/t16-/m0/s1. The van der Waals surface area contributed by atoms with Gasteiger partial charge in [-0.2, -0.15) is 0 Å². The lowest BCUT2D eigenvalue weighted by atomic mass is 10.0. The van der Waals surface area contributed by atoms with Crippen molar-refractivity contribution in [1.29, 1.82) is 0 Å². The summed E-state index contributed by atoms with van der Waals surface area (Å²) >= 11 is 0. The molecular formula is C21H23N5. The maximum atomic E-state index is 4.85. The highest BCUT2D eigenvalue weighted by Crippen LogP contribution is 2.23. The number of fused-ring (bicyclic) bond motifs is 3. The predicted molar refractivity (Wildman–Crippen MR) is 106 cm³/mol. The van der Waals surface area contributed by atoms with Crippen LogP contribution in [0.5, 0.6) is 0 Å². The van der Waals surface area contributed by atoms with E-state index in [1.54, 1.807) is 0 Å². The Morgan fingerprint density at radius 2 is 1.73 bits per heavy atom. The molecule has 0 bridgehead atoms. The van der Waals surface area contributed by atoms with E-state index in [1.165, 1.54) is 5.56 Å². The molecular weight excluding hydrogens is 322 g/mol. The van der Waals surface area contributed by atoms with Crippen molar-refractivity contribution in [3.05, 3.63) is 66.0 Å². The number of rotatable bonds is 6. The zero-order valence-electron chi connectivity index (χ0n) is 15.2. The van der Waals surface area contributed by atoms with Crippen molar-refractivity contribution in [3.8, 4) is 0 Å². The van der Waals surface area contributed by atoms with Crippen molar-refractivity contribution in [2.75, 3.05) is 5.32 Å². The van der Waals surface area contributed by atoms with Crippen LogP contribution in [0.2, 0.25) is 0 Å². The van der Waals surface area contributed by atoms with Crippen LogP contribution in [-0.4, -0.2) is 25.6 Å². The van der Waals surface area contributed by atoms with E-state index in [2.05, 4.69) is 70.2 Å². The average Bonchev–Trinajstić information content (AvgIpc) is 3.13. The summed E-state index contributed by atoms with van der Waals surface area (Å²) in [4.78, 5) is 4.85. The summed E-state index contributed by atoms with van der Waals surface area (Å²) in [6.45, 7) is 4.29. The molecule has 4 aromatic rings. The molecule has 0 aliphatic rings. The Bertz CT molecular complexity index is 1020. The van der Waals surface area contributed by atoms with Crippen molar-refractivity contribution in [1.82, 2.24) is 19.6 Å². The van der Waals surface area contributed by atoms with E-state index in [0.29, 0.717) is 0 Å². The van der Waals surface area contributed by atoms with Crippen LogP contribution in [-0.2, 0) is 12.8 Å². The van der Waals surface area contributed by atoms with Crippen LogP contribution in [0, 0.1) is 0 Å². The molecule has 1 atom stereocenters. The molecule has 0 spiro atoms. The Kier molecular flexibility index (Phi) is 4.52. The van der Waals surface area contributed by atoms with E-state index >= 15 is 0 Å². The molecule has 0 saturated heterocycles. The number of nitrogens with zero attached hydrogens (tertiary/aromatic N) is 4. The highest BCUT2D eigenvalue weighted by Gasteiger charge is 2.16. The third kappa shape index (κ3) is 3.01. The Balaban J connectivity index is 1.76. The van der Waals surface area contributed by atoms with Gasteiger partial charge in [-0.3, -0.25) is 4.40 Å². The zero-order chi connectivity index (χ0) is 17.9. The number of aromatic nitrogens is 4. The average molecular weight is 345 g/mol. The van der Waals surface area contributed by atoms with Crippen molar-refractivity contribution < 1.29 is 0 Å². The van der Waals surface area contributed by atoms with Crippen molar-refractivity contribution in [2.24, 2.45) is 0 Å². The summed E-state index contributed by atoms with van der Waals surface area (Å²) in [6, 6.07) is 19.0. The van der Waals surface area contributed by atoms with Crippen molar-refractivity contribution in [2.45, 2.75) is 39.2 Å². The largest absolute Gasteiger partial charge is 0.364 e. The normalized spacial score (nSPS) is 12.5. The van der Waals surface area contributed by atoms with Crippen LogP contribution in [0.3, 0.4) is 0 Å². The van der Waals surface area contributed by atoms with E-state index in [0.717, 1.165) is 47.6 Å². The zero-order valence-corrected chi connectivity index (χ0v) is 15.2. The van der Waals surface area contributed by atoms with E-state index in [1.807, 2.05) is 18.2 Å². The Labute approximate surface area is 153 Å². The lowest BCUT2D eigenvalue weighted by Gasteiger charge is -2.18. The van der Waals surface area contributed by atoms with Gasteiger partial charge in [0.2, 0.25) is 5.65 Å². The minimum atomic E-state index is 0.289. The molecule has 0 amide bonds. The highest BCUT2D eigenvalue weighted by molar-refractivity contribution is 5.83. The fraction of sp³-hybridized carbons (Fsp3) is 0.286. The van der Waals surface area contributed by atoms with Gasteiger partial charge < -0.3 is 5.32 Å². The van der Waals surface area contributed by atoms with Gasteiger partial charge in [0.05, 0.1) is 11.0 Å². The molecule has 0 fully saturated rings. The molecule has 26 heavy (non-hydrogen) atoms. The number of anilines is 1. The van der Waals surface area contributed by atoms with E-state index in [-0.39, 0.29) is 6.04 Å². The number of para-hydroxylation sites is 2. The first-order chi connectivity index (χ1) is 12.8. The van der Waals surface area contributed by atoms with Gasteiger partial charge in [0, 0.05) is 12.5 Å². The summed E-state index contributed by atoms with van der Waals surface area (Å²) in [5.41, 5.74) is 4.11. The summed E-state index contributed by atoms with van der Waals surface area (Å²) in [5.74, 6) is 1.76. The van der Waals surface area contributed by atoms with E-state index in [4.69, 9.17) is 4.98 Å². The van der Waals surface area contributed by atoms with E-state index in [9.17, 15) is 0 Å². The lowest BCUT2D eigenvalue weighted by molar-refractivity contribution is 0.687. The molecule has 0 unspecified atom stereocenters. The quantitative estimate of drug-likeness (QED) is 0.567. The third-order valence-corrected chi connectivity index (χ3v) is 4.77. The van der Waals surface area contributed by atoms with Gasteiger partial charge in [-0.1, -0.05) is 56.3 Å². The molecule has 2 heterocycles. The molecule has 5 nitrogen and oxygen atoms in total. The summed E-state index contributed by atoms with van der Waals surface area (Å²) < 4.78 is 2.12. The van der Waals surface area contributed by atoms with Crippen LogP contribution in [0.1, 0.15) is 31.7 Å². The second-order valence-corrected chi connectivity index (χ2v) is 6.52. The Morgan fingerprint density at radius 1 is 0.962 bits per heavy atom. The van der Waals surface area contributed by atoms with Crippen LogP contribution < -0.4 is 5.32 Å². The fourth-order valence-electron chi connectivity index (χ4n) is 3.36. The minimum Gasteiger partial charge on any atom is -0.364 e. The second kappa shape index (κ2) is 7.12. The first kappa shape index (κ1) is 16.5. The molecule has 0 aliphatic heterocycles. The third-order valence-electron chi connectivity index (χ3n) is 4.77. The molecule has 2 aromatic carbocycles. The van der Waals surface area contributed by atoms with Crippen molar-refractivity contribution >= 4 is 22.5 Å². The van der Waals surface area contributed by atoms with Gasteiger partial charge in [0.1, 0.15) is 5.82 Å². The lowest BCUT2D eigenvalue weighted by Crippen LogP contribution is -2.22. The Morgan fingerprint density at radius 3 is 2.50 bits per heavy atom. The van der Waals surface area contributed by atoms with E-state index < -0.39 is 0 Å². The van der Waals surface area contributed by atoms with Gasteiger partial charge in [-0.25, -0.2) is 4.98 Å². The maximum absolute atomic E-state index is 4.85. The fourth-order valence-corrected chi connectivity index (χ4v) is 3.36. The molecule has 0 saturated carbocycles. The van der Waals surface area contributed by atoms with Gasteiger partial charge in [-0.15, -0.1) is 10.2 Å². The second-order valence-electron chi connectivity index (χ2n) is 6.52. The number of benzene rings is 2. The molecule has 0 radical (unpaired) electrons. The van der Waals surface area contributed by atoms with Gasteiger partial charge >= 0.3 is 0 Å². The summed E-state index contributed by atoms with van der Waals surface area (Å²) in [6.07, 6.45) is 2.78. The Hall–Kier alpha value is -2.95. The molecule has 1 N–H and O–H groups in total. The first-order valence-corrected chi connectivity index (χ1v) is 9.23. The molecule has 0 aliphatic carbocycles. The SMILES string of the molecule is CCc1nnc2c(N[C@@H](CC)Cc3ccccc3)nc3ccccc3n12. The van der Waals surface area contributed by atoms with Gasteiger partial charge in [0.25, 0.3) is 0 Å². The maximum Gasteiger partial charge on any atom is 0.204 e. The number of nitrogens with one attached hydrogen (secondary N) is 1. The first-order valence-electron chi connectivity index (χ1n) is 9.23. The summed E-state index contributed by atoms with van der Waals surface area (Å²) in [5, 5.41) is 12.4. The summed E-state index contributed by atoms with van der Waals surface area (Å²) in [7, 11) is 0. The number of hydrogen-bond donors (Lipinski definition) is 1. The molecule has 2 aromatic heterocycles. The van der Waals surface area contributed by atoms with Crippen LogP contribution in [0.25, 0.3) is 16.7 Å². The van der Waals surface area contributed by atoms with Gasteiger partial charge in [0.15, 0.2) is 5.82 Å². The van der Waals surface area contributed by atoms with Crippen LogP contribution >= 0.6 is 0 Å². The highest BCUT2D eigenvalue weighted by atomic mass is 15.3. The topological polar surface area (TPSA) is 55.1 Å².